The molecule has 1 aromatic heterocycles. The molecule has 1 aliphatic heterocycles. The average molecular weight is 238 g/mol. The first-order valence-electron chi connectivity index (χ1n) is 6.08. The zero-order chi connectivity index (χ0) is 12.3. The molecule has 0 bridgehead atoms. The van der Waals surface area contributed by atoms with E-state index in [1.165, 1.54) is 0 Å². The second-order valence-corrected chi connectivity index (χ2v) is 4.39. The van der Waals surface area contributed by atoms with Crippen LogP contribution in [0.3, 0.4) is 0 Å². The molecule has 2 heterocycles. The molecule has 17 heavy (non-hydrogen) atoms. The molecule has 5 nitrogen and oxygen atoms in total. The van der Waals surface area contributed by atoms with Crippen LogP contribution in [0.1, 0.15) is 38.0 Å². The number of aryl methyl sites for hydroxylation is 1. The third-order valence-electron chi connectivity index (χ3n) is 3.14. The average Bonchev–Trinajstić information content (AvgIpc) is 2.77. The first kappa shape index (κ1) is 12.1. The van der Waals surface area contributed by atoms with Gasteiger partial charge in [-0.2, -0.15) is 0 Å². The van der Waals surface area contributed by atoms with Crippen molar-refractivity contribution in [1.29, 1.82) is 0 Å². The van der Waals surface area contributed by atoms with E-state index in [9.17, 15) is 9.90 Å². The molecule has 0 aliphatic carbocycles. The smallest absolute Gasteiger partial charge is 0.309 e. The highest BCUT2D eigenvalue weighted by atomic mass is 16.5. The molecule has 2 atom stereocenters. The number of carboxylic acid groups (broad SMARTS) is 1. The number of imidazole rings is 1. The predicted molar refractivity (Wildman–Crippen MR) is 61.6 cm³/mol. The van der Waals surface area contributed by atoms with Gasteiger partial charge in [0.05, 0.1) is 24.1 Å². The van der Waals surface area contributed by atoms with Gasteiger partial charge in [0.15, 0.2) is 0 Å². The normalized spacial score (nSPS) is 24.8. The number of nitrogens with zero attached hydrogens (tertiary/aromatic N) is 2. The predicted octanol–water partition coefficient (Wildman–Crippen LogP) is 1.85. The van der Waals surface area contributed by atoms with Crippen LogP contribution >= 0.6 is 0 Å². The summed E-state index contributed by atoms with van der Waals surface area (Å²) < 4.78 is 7.63. The van der Waals surface area contributed by atoms with Crippen molar-refractivity contribution >= 4 is 5.97 Å². The van der Waals surface area contributed by atoms with Crippen LogP contribution in [-0.4, -0.2) is 27.2 Å². The molecule has 0 spiro atoms. The molecule has 2 rings (SSSR count). The number of ether oxygens (including phenoxy) is 1. The van der Waals surface area contributed by atoms with Crippen LogP contribution in [0.4, 0.5) is 0 Å². The topological polar surface area (TPSA) is 64.4 Å². The van der Waals surface area contributed by atoms with Gasteiger partial charge in [-0.15, -0.1) is 0 Å². The van der Waals surface area contributed by atoms with E-state index >= 15 is 0 Å². The highest BCUT2D eigenvalue weighted by Gasteiger charge is 2.34. The Morgan fingerprint density at radius 2 is 2.53 bits per heavy atom. The van der Waals surface area contributed by atoms with Crippen molar-refractivity contribution < 1.29 is 14.6 Å². The third kappa shape index (κ3) is 2.49. The number of aromatic nitrogens is 2. The second-order valence-electron chi connectivity index (χ2n) is 4.39. The number of hydrogen-bond donors (Lipinski definition) is 1. The zero-order valence-corrected chi connectivity index (χ0v) is 10.0. The maximum absolute atomic E-state index is 11.2. The van der Waals surface area contributed by atoms with Gasteiger partial charge in [-0.3, -0.25) is 4.79 Å². The van der Waals surface area contributed by atoms with Gasteiger partial charge in [-0.05, 0) is 19.3 Å². The Balaban J connectivity index is 2.23. The molecule has 1 aliphatic rings. The lowest BCUT2D eigenvalue weighted by atomic mass is 9.92. The Kier molecular flexibility index (Phi) is 3.78. The molecular weight excluding hydrogens is 220 g/mol. The van der Waals surface area contributed by atoms with Gasteiger partial charge in [0.1, 0.15) is 6.10 Å². The van der Waals surface area contributed by atoms with E-state index in [2.05, 4.69) is 11.9 Å². The SMILES string of the molecule is CCCn1cncc1C1OCCCC1C(=O)O. The van der Waals surface area contributed by atoms with Crippen LogP contribution in [0.2, 0.25) is 0 Å². The maximum Gasteiger partial charge on any atom is 0.309 e. The van der Waals surface area contributed by atoms with Crippen LogP contribution in [0, 0.1) is 5.92 Å². The number of rotatable bonds is 4. The fraction of sp³-hybridized carbons (Fsp3) is 0.667. The molecule has 0 aromatic carbocycles. The number of aliphatic carboxylic acids is 1. The molecule has 94 valence electrons. The van der Waals surface area contributed by atoms with Gasteiger partial charge in [0.25, 0.3) is 0 Å². The summed E-state index contributed by atoms with van der Waals surface area (Å²) in [5.41, 5.74) is 0.888. The van der Waals surface area contributed by atoms with Crippen LogP contribution in [-0.2, 0) is 16.1 Å². The quantitative estimate of drug-likeness (QED) is 0.869. The van der Waals surface area contributed by atoms with Gasteiger partial charge >= 0.3 is 5.97 Å². The Morgan fingerprint density at radius 3 is 3.24 bits per heavy atom. The second kappa shape index (κ2) is 5.31. The Morgan fingerprint density at radius 1 is 1.71 bits per heavy atom. The Bertz CT molecular complexity index is 389. The monoisotopic (exact) mass is 238 g/mol. The molecule has 1 N–H and O–H groups in total. The molecule has 2 unspecified atom stereocenters. The minimum absolute atomic E-state index is 0.352. The van der Waals surface area contributed by atoms with Gasteiger partial charge < -0.3 is 14.4 Å². The molecule has 0 saturated carbocycles. The fourth-order valence-corrected chi connectivity index (χ4v) is 2.32. The molecule has 0 radical (unpaired) electrons. The summed E-state index contributed by atoms with van der Waals surface area (Å²) >= 11 is 0. The van der Waals surface area contributed by atoms with Crippen molar-refractivity contribution in [2.45, 2.75) is 38.8 Å². The van der Waals surface area contributed by atoms with Crippen LogP contribution in [0.15, 0.2) is 12.5 Å². The van der Waals surface area contributed by atoms with E-state index in [0.717, 1.165) is 25.1 Å². The van der Waals surface area contributed by atoms with Crippen molar-refractivity contribution in [2.75, 3.05) is 6.61 Å². The van der Waals surface area contributed by atoms with Crippen molar-refractivity contribution in [3.05, 3.63) is 18.2 Å². The molecule has 1 saturated heterocycles. The number of carboxylic acids is 1. The van der Waals surface area contributed by atoms with Crippen molar-refractivity contribution in [3.8, 4) is 0 Å². The summed E-state index contributed by atoms with van der Waals surface area (Å²) in [6.07, 6.45) is 5.60. The van der Waals surface area contributed by atoms with E-state index in [-0.39, 0.29) is 6.10 Å². The summed E-state index contributed by atoms with van der Waals surface area (Å²) in [5, 5.41) is 9.22. The summed E-state index contributed by atoms with van der Waals surface area (Å²) in [6.45, 7) is 3.56. The first-order valence-corrected chi connectivity index (χ1v) is 6.08. The van der Waals surface area contributed by atoms with E-state index < -0.39 is 11.9 Å². The van der Waals surface area contributed by atoms with E-state index in [0.29, 0.717) is 13.0 Å². The summed E-state index contributed by atoms with van der Waals surface area (Å²) in [6, 6.07) is 0. The largest absolute Gasteiger partial charge is 0.481 e. The van der Waals surface area contributed by atoms with Crippen molar-refractivity contribution in [1.82, 2.24) is 9.55 Å². The van der Waals surface area contributed by atoms with Gasteiger partial charge in [-0.1, -0.05) is 6.92 Å². The Labute approximate surface area is 100 Å². The molecule has 1 aromatic rings. The standard InChI is InChI=1S/C12H18N2O3/c1-2-5-14-8-13-7-10(14)11-9(12(15)16)4-3-6-17-11/h7-9,11H,2-6H2,1H3,(H,15,16). The minimum Gasteiger partial charge on any atom is -0.481 e. The summed E-state index contributed by atoms with van der Waals surface area (Å²) in [7, 11) is 0. The lowest BCUT2D eigenvalue weighted by Crippen LogP contribution is -2.30. The van der Waals surface area contributed by atoms with Gasteiger partial charge in [0.2, 0.25) is 0 Å². The maximum atomic E-state index is 11.2. The summed E-state index contributed by atoms with van der Waals surface area (Å²) in [4.78, 5) is 15.3. The van der Waals surface area contributed by atoms with E-state index in [1.54, 1.807) is 12.5 Å². The number of carbonyl (C=O) groups is 1. The molecule has 5 heteroatoms. The summed E-state index contributed by atoms with van der Waals surface area (Å²) in [5.74, 6) is -1.23. The van der Waals surface area contributed by atoms with Crippen molar-refractivity contribution in [3.63, 3.8) is 0 Å². The fourth-order valence-electron chi connectivity index (χ4n) is 2.32. The number of hydrogen-bond acceptors (Lipinski definition) is 3. The van der Waals surface area contributed by atoms with Crippen LogP contribution < -0.4 is 0 Å². The van der Waals surface area contributed by atoms with Gasteiger partial charge in [0, 0.05) is 13.2 Å². The minimum atomic E-state index is -0.779. The molecular formula is C12H18N2O3. The molecule has 1 fully saturated rings. The van der Waals surface area contributed by atoms with Crippen LogP contribution in [0.25, 0.3) is 0 Å². The van der Waals surface area contributed by atoms with Crippen molar-refractivity contribution in [2.24, 2.45) is 5.92 Å². The highest BCUT2D eigenvalue weighted by molar-refractivity contribution is 5.71. The molecule has 0 amide bonds. The third-order valence-corrected chi connectivity index (χ3v) is 3.14. The Hall–Kier alpha value is -1.36. The van der Waals surface area contributed by atoms with E-state index in [4.69, 9.17) is 4.74 Å². The van der Waals surface area contributed by atoms with E-state index in [1.807, 2.05) is 4.57 Å². The lowest BCUT2D eigenvalue weighted by molar-refractivity contribution is -0.152. The highest BCUT2D eigenvalue weighted by Crippen LogP contribution is 2.33. The first-order chi connectivity index (χ1) is 8.24. The van der Waals surface area contributed by atoms with Crippen LogP contribution in [0.5, 0.6) is 0 Å². The lowest BCUT2D eigenvalue weighted by Gasteiger charge is -2.29. The van der Waals surface area contributed by atoms with Gasteiger partial charge in [-0.25, -0.2) is 4.98 Å². The zero-order valence-electron chi connectivity index (χ0n) is 10.0.